The Kier molecular flexibility index (Phi) is 8.45. The lowest BCUT2D eigenvalue weighted by Gasteiger charge is -2.27. The summed E-state index contributed by atoms with van der Waals surface area (Å²) >= 11 is 0. The fourth-order valence-electron chi connectivity index (χ4n) is 4.57. The molecule has 6 nitrogen and oxygen atoms in total. The van der Waals surface area contributed by atoms with Gasteiger partial charge in [0, 0.05) is 24.8 Å². The molecule has 1 aromatic carbocycles. The summed E-state index contributed by atoms with van der Waals surface area (Å²) < 4.78 is 0. The Morgan fingerprint density at radius 3 is 0.950 bits per heavy atom. The Morgan fingerprint density at radius 1 is 0.425 bits per heavy atom. The normalized spacial score (nSPS) is 10.9. The largest absolute Gasteiger partial charge is 0.279 e. The molecule has 0 amide bonds. The Balaban J connectivity index is 1.63. The van der Waals surface area contributed by atoms with E-state index in [2.05, 4.69) is 110 Å². The maximum absolute atomic E-state index is 4.82. The molecule has 0 unspecified atom stereocenters. The number of hydrogen-bond donors (Lipinski definition) is 0. The van der Waals surface area contributed by atoms with Crippen molar-refractivity contribution in [3.63, 3.8) is 0 Å². The molecule has 6 heteroatoms. The van der Waals surface area contributed by atoms with Crippen molar-refractivity contribution in [3.05, 3.63) is 120 Å². The molecule has 0 aliphatic carbocycles. The third-order valence-electron chi connectivity index (χ3n) is 7.13. The van der Waals surface area contributed by atoms with Gasteiger partial charge in [-0.2, -0.15) is 0 Å². The fourth-order valence-corrected chi connectivity index (χ4v) is 4.57. The van der Waals surface area contributed by atoms with E-state index in [1.807, 2.05) is 24.8 Å². The smallest absolute Gasteiger partial charge is 0.138 e. The van der Waals surface area contributed by atoms with Gasteiger partial charge in [0.25, 0.3) is 0 Å². The van der Waals surface area contributed by atoms with E-state index < -0.39 is 0 Å². The summed E-state index contributed by atoms with van der Waals surface area (Å²) in [6, 6.07) is 25.2. The fraction of sp³-hybridized carbons (Fsp3) is 0.235. The van der Waals surface area contributed by atoms with E-state index in [9.17, 15) is 0 Å². The van der Waals surface area contributed by atoms with E-state index in [0.717, 1.165) is 60.3 Å². The molecule has 0 spiro atoms. The minimum atomic E-state index is 0.813. The summed E-state index contributed by atoms with van der Waals surface area (Å²) in [6.07, 6.45) is 11.5. The minimum Gasteiger partial charge on any atom is -0.279 e. The van der Waals surface area contributed by atoms with Gasteiger partial charge in [-0.1, -0.05) is 58.0 Å². The molecular weight excluding hydrogens is 492 g/mol. The first-order chi connectivity index (χ1) is 19.6. The molecule has 202 valence electrons. The highest BCUT2D eigenvalue weighted by Crippen LogP contribution is 2.38. The van der Waals surface area contributed by atoms with E-state index in [1.165, 1.54) is 22.3 Å². The first-order valence-electron chi connectivity index (χ1n) is 14.1. The average Bonchev–Trinajstić information content (AvgIpc) is 3.03. The van der Waals surface area contributed by atoms with Crippen LogP contribution in [0.4, 0.5) is 34.6 Å². The molecule has 0 aliphatic heterocycles. The van der Waals surface area contributed by atoms with Crippen LogP contribution >= 0.6 is 0 Å². The van der Waals surface area contributed by atoms with Gasteiger partial charge in [0.2, 0.25) is 0 Å². The van der Waals surface area contributed by atoms with E-state index >= 15 is 0 Å². The topological polar surface area (TPSA) is 58.0 Å². The van der Waals surface area contributed by atoms with Crippen LogP contribution in [0.5, 0.6) is 0 Å². The SMILES string of the molecule is CCc1ccc(N(c2cccc(N(c3ccc(CC)cn3)c3ccc(CC)cn3)c2)c2ccc(CC)cn2)nc1. The van der Waals surface area contributed by atoms with Crippen LogP contribution in [0, 0.1) is 0 Å². The number of pyridine rings is 4. The molecule has 0 atom stereocenters. The molecule has 0 fully saturated rings. The second kappa shape index (κ2) is 12.5. The van der Waals surface area contributed by atoms with Crippen molar-refractivity contribution < 1.29 is 0 Å². The molecule has 0 radical (unpaired) electrons. The van der Waals surface area contributed by atoms with Gasteiger partial charge in [0.1, 0.15) is 23.3 Å². The van der Waals surface area contributed by atoms with Crippen molar-refractivity contribution in [1.29, 1.82) is 0 Å². The van der Waals surface area contributed by atoms with Crippen molar-refractivity contribution in [3.8, 4) is 0 Å². The molecule has 40 heavy (non-hydrogen) atoms. The number of nitrogens with zero attached hydrogens (tertiary/aromatic N) is 6. The van der Waals surface area contributed by atoms with Crippen molar-refractivity contribution in [1.82, 2.24) is 19.9 Å². The van der Waals surface area contributed by atoms with Gasteiger partial charge in [-0.15, -0.1) is 0 Å². The minimum absolute atomic E-state index is 0.813. The molecular formula is C34H36N6. The highest BCUT2D eigenvalue weighted by molar-refractivity contribution is 5.79. The molecule has 4 aromatic heterocycles. The van der Waals surface area contributed by atoms with Crippen molar-refractivity contribution in [2.45, 2.75) is 53.4 Å². The highest BCUT2D eigenvalue weighted by atomic mass is 15.3. The zero-order chi connectivity index (χ0) is 27.9. The van der Waals surface area contributed by atoms with E-state index in [0.29, 0.717) is 0 Å². The van der Waals surface area contributed by atoms with E-state index in [4.69, 9.17) is 19.9 Å². The monoisotopic (exact) mass is 528 g/mol. The van der Waals surface area contributed by atoms with Crippen molar-refractivity contribution in [2.24, 2.45) is 0 Å². The molecule has 4 heterocycles. The Morgan fingerprint density at radius 2 is 0.725 bits per heavy atom. The Labute approximate surface area is 237 Å². The third kappa shape index (κ3) is 5.86. The van der Waals surface area contributed by atoms with Gasteiger partial charge in [0.15, 0.2) is 0 Å². The predicted molar refractivity (Wildman–Crippen MR) is 164 cm³/mol. The predicted octanol–water partition coefficient (Wildman–Crippen LogP) is 8.46. The van der Waals surface area contributed by atoms with Gasteiger partial charge >= 0.3 is 0 Å². The summed E-state index contributed by atoms with van der Waals surface area (Å²) in [5, 5.41) is 0. The highest BCUT2D eigenvalue weighted by Gasteiger charge is 2.20. The van der Waals surface area contributed by atoms with Gasteiger partial charge < -0.3 is 0 Å². The van der Waals surface area contributed by atoms with Crippen LogP contribution in [-0.2, 0) is 25.7 Å². The maximum Gasteiger partial charge on any atom is 0.138 e. The molecule has 5 aromatic rings. The van der Waals surface area contributed by atoms with Crippen LogP contribution in [0.1, 0.15) is 49.9 Å². The number of hydrogen-bond acceptors (Lipinski definition) is 6. The number of aryl methyl sites for hydroxylation is 4. The number of rotatable bonds is 10. The maximum atomic E-state index is 4.82. The average molecular weight is 529 g/mol. The van der Waals surface area contributed by atoms with E-state index in [-0.39, 0.29) is 0 Å². The first kappa shape index (κ1) is 27.0. The second-order valence-corrected chi connectivity index (χ2v) is 9.70. The number of aromatic nitrogens is 4. The summed E-state index contributed by atoms with van der Waals surface area (Å²) in [6.45, 7) is 8.55. The van der Waals surface area contributed by atoms with Gasteiger partial charge in [0.05, 0.1) is 11.4 Å². The Hall–Kier alpha value is -4.58. The molecule has 0 bridgehead atoms. The van der Waals surface area contributed by atoms with Gasteiger partial charge in [-0.3, -0.25) is 9.80 Å². The van der Waals surface area contributed by atoms with Crippen LogP contribution in [0.3, 0.4) is 0 Å². The quantitative estimate of drug-likeness (QED) is 0.181. The van der Waals surface area contributed by atoms with Gasteiger partial charge in [-0.05, 0) is 90.4 Å². The van der Waals surface area contributed by atoms with Crippen molar-refractivity contribution >= 4 is 34.6 Å². The van der Waals surface area contributed by atoms with Crippen LogP contribution in [0.15, 0.2) is 97.6 Å². The lowest BCUT2D eigenvalue weighted by molar-refractivity contribution is 1.05. The Bertz CT molecular complexity index is 1300. The summed E-state index contributed by atoms with van der Waals surface area (Å²) in [7, 11) is 0. The molecule has 0 aliphatic rings. The molecule has 0 saturated heterocycles. The van der Waals surface area contributed by atoms with E-state index in [1.54, 1.807) is 0 Å². The second-order valence-electron chi connectivity index (χ2n) is 9.70. The zero-order valence-electron chi connectivity index (χ0n) is 23.7. The molecule has 0 saturated carbocycles. The van der Waals surface area contributed by atoms with Crippen LogP contribution in [0.25, 0.3) is 0 Å². The summed E-state index contributed by atoms with van der Waals surface area (Å²) in [4.78, 5) is 23.5. The molecule has 0 N–H and O–H groups in total. The summed E-state index contributed by atoms with van der Waals surface area (Å²) in [5.41, 5.74) is 6.68. The van der Waals surface area contributed by atoms with Gasteiger partial charge in [-0.25, -0.2) is 19.9 Å². The van der Waals surface area contributed by atoms with Crippen molar-refractivity contribution in [2.75, 3.05) is 9.80 Å². The standard InChI is InChI=1S/C34H36N6/c1-5-25-12-16-31(35-21-25)39(32-17-13-26(6-2)22-36-32)29-10-9-11-30(20-29)40(33-18-14-27(7-3)23-37-33)34-19-15-28(8-4)24-38-34/h9-24H,5-8H2,1-4H3. The zero-order valence-corrected chi connectivity index (χ0v) is 23.7. The first-order valence-corrected chi connectivity index (χ1v) is 14.1. The third-order valence-corrected chi connectivity index (χ3v) is 7.13. The lowest BCUT2D eigenvalue weighted by Crippen LogP contribution is -2.16. The van der Waals surface area contributed by atoms with Crippen LogP contribution in [0.2, 0.25) is 0 Å². The summed E-state index contributed by atoms with van der Waals surface area (Å²) in [5.74, 6) is 3.25. The number of benzene rings is 1. The lowest BCUT2D eigenvalue weighted by atomic mass is 10.1. The van der Waals surface area contributed by atoms with Crippen LogP contribution < -0.4 is 9.80 Å². The molecule has 5 rings (SSSR count). The van der Waals surface area contributed by atoms with Crippen LogP contribution in [-0.4, -0.2) is 19.9 Å². The number of anilines is 6.